The van der Waals surface area contributed by atoms with Crippen LogP contribution in [-0.4, -0.2) is 0 Å². The summed E-state index contributed by atoms with van der Waals surface area (Å²) in [6, 6.07) is 8.72. The second-order valence-corrected chi connectivity index (χ2v) is 4.97. The van der Waals surface area contributed by atoms with Gasteiger partial charge in [0.2, 0.25) is 0 Å². The summed E-state index contributed by atoms with van der Waals surface area (Å²) in [6.07, 6.45) is 0.519. The van der Waals surface area contributed by atoms with Crippen molar-refractivity contribution < 1.29 is 8.78 Å². The van der Waals surface area contributed by atoms with Crippen molar-refractivity contribution in [1.82, 2.24) is 0 Å². The number of aryl methyl sites for hydroxylation is 1. The average Bonchev–Trinajstić information content (AvgIpc) is 2.36. The van der Waals surface area contributed by atoms with Crippen LogP contribution in [0.15, 0.2) is 36.4 Å². The molecule has 0 saturated carbocycles. The van der Waals surface area contributed by atoms with Crippen molar-refractivity contribution in [3.63, 3.8) is 0 Å². The summed E-state index contributed by atoms with van der Waals surface area (Å²) in [5.41, 5.74) is 8.20. The fourth-order valence-corrected chi connectivity index (χ4v) is 2.24. The van der Waals surface area contributed by atoms with E-state index in [0.29, 0.717) is 22.6 Å². The molecule has 0 aliphatic carbocycles. The monoisotopic (exact) mass is 281 g/mol. The molecular weight excluding hydrogens is 268 g/mol. The highest BCUT2D eigenvalue weighted by Gasteiger charge is 2.13. The molecule has 100 valence electrons. The first-order chi connectivity index (χ1) is 8.97. The summed E-state index contributed by atoms with van der Waals surface area (Å²) in [4.78, 5) is 0. The number of rotatable bonds is 3. The van der Waals surface area contributed by atoms with Crippen molar-refractivity contribution in [2.24, 2.45) is 5.73 Å². The molecule has 0 saturated heterocycles. The third-order valence-electron chi connectivity index (χ3n) is 3.05. The van der Waals surface area contributed by atoms with E-state index in [1.54, 1.807) is 25.1 Å². The van der Waals surface area contributed by atoms with Gasteiger partial charge >= 0.3 is 0 Å². The van der Waals surface area contributed by atoms with Crippen molar-refractivity contribution in [2.75, 3.05) is 0 Å². The van der Waals surface area contributed by atoms with Gasteiger partial charge in [-0.1, -0.05) is 29.8 Å². The predicted octanol–water partition coefficient (Wildman–Crippen LogP) is 4.17. The summed E-state index contributed by atoms with van der Waals surface area (Å²) >= 11 is 6.01. The smallest absolute Gasteiger partial charge is 0.127 e. The van der Waals surface area contributed by atoms with Crippen molar-refractivity contribution in [1.29, 1.82) is 0 Å². The molecule has 0 heterocycles. The first kappa shape index (κ1) is 14.0. The lowest BCUT2D eigenvalue weighted by atomic mass is 9.98. The van der Waals surface area contributed by atoms with Crippen molar-refractivity contribution in [2.45, 2.75) is 19.4 Å². The van der Waals surface area contributed by atoms with E-state index in [2.05, 4.69) is 0 Å². The van der Waals surface area contributed by atoms with Gasteiger partial charge in [0.25, 0.3) is 0 Å². The average molecular weight is 282 g/mol. The summed E-state index contributed by atoms with van der Waals surface area (Å²) in [7, 11) is 0. The molecule has 2 rings (SSSR count). The third kappa shape index (κ3) is 3.31. The van der Waals surface area contributed by atoms with Crippen LogP contribution in [0.25, 0.3) is 0 Å². The molecule has 1 atom stereocenters. The highest BCUT2D eigenvalue weighted by molar-refractivity contribution is 6.31. The number of hydrogen-bond acceptors (Lipinski definition) is 1. The number of nitrogens with two attached hydrogens (primary N) is 1. The molecule has 19 heavy (non-hydrogen) atoms. The van der Waals surface area contributed by atoms with Crippen molar-refractivity contribution in [3.05, 3.63) is 69.7 Å². The molecule has 0 amide bonds. The fraction of sp³-hybridized carbons (Fsp3) is 0.200. The van der Waals surface area contributed by atoms with E-state index in [1.807, 2.05) is 0 Å². The molecule has 0 aliphatic heterocycles. The second-order valence-electron chi connectivity index (χ2n) is 4.56. The molecule has 1 nitrogen and oxygen atoms in total. The van der Waals surface area contributed by atoms with Gasteiger partial charge in [-0.05, 0) is 48.2 Å². The lowest BCUT2D eigenvalue weighted by molar-refractivity contribution is 0.614. The molecule has 2 N–H and O–H groups in total. The zero-order valence-electron chi connectivity index (χ0n) is 10.5. The minimum atomic E-state index is -0.350. The van der Waals surface area contributed by atoms with Gasteiger partial charge < -0.3 is 5.73 Å². The maximum atomic E-state index is 13.3. The van der Waals surface area contributed by atoms with Gasteiger partial charge in [0, 0.05) is 11.1 Å². The van der Waals surface area contributed by atoms with Gasteiger partial charge in [0.15, 0.2) is 0 Å². The van der Waals surface area contributed by atoms with Gasteiger partial charge in [0.05, 0.1) is 0 Å². The van der Waals surface area contributed by atoms with Crippen LogP contribution >= 0.6 is 11.6 Å². The van der Waals surface area contributed by atoms with Crippen LogP contribution in [0.3, 0.4) is 0 Å². The Hall–Kier alpha value is -1.45. The first-order valence-corrected chi connectivity index (χ1v) is 6.30. The van der Waals surface area contributed by atoms with Crippen molar-refractivity contribution in [3.8, 4) is 0 Å². The fourth-order valence-electron chi connectivity index (χ4n) is 1.95. The molecule has 0 aromatic heterocycles. The molecular formula is C15H14ClF2N. The number of hydrogen-bond donors (Lipinski definition) is 1. The Morgan fingerprint density at radius 1 is 1.16 bits per heavy atom. The van der Waals surface area contributed by atoms with Gasteiger partial charge in [-0.25, -0.2) is 8.78 Å². The molecule has 0 radical (unpaired) electrons. The molecule has 0 fully saturated rings. The molecule has 0 bridgehead atoms. The Kier molecular flexibility index (Phi) is 4.17. The summed E-state index contributed by atoms with van der Waals surface area (Å²) in [5, 5.41) is 0.317. The lowest BCUT2D eigenvalue weighted by Crippen LogP contribution is -2.14. The Morgan fingerprint density at radius 2 is 1.79 bits per heavy atom. The van der Waals surface area contributed by atoms with Crippen LogP contribution < -0.4 is 5.73 Å². The van der Waals surface area contributed by atoms with Crippen LogP contribution in [0.1, 0.15) is 22.7 Å². The van der Waals surface area contributed by atoms with Gasteiger partial charge in [0.1, 0.15) is 11.6 Å². The predicted molar refractivity (Wildman–Crippen MR) is 73.2 cm³/mol. The zero-order chi connectivity index (χ0) is 14.0. The summed E-state index contributed by atoms with van der Waals surface area (Å²) < 4.78 is 26.1. The maximum absolute atomic E-state index is 13.3. The van der Waals surface area contributed by atoms with Crippen molar-refractivity contribution >= 4 is 11.6 Å². The van der Waals surface area contributed by atoms with Crippen LogP contribution in [0.4, 0.5) is 8.78 Å². The minimum absolute atomic E-state index is 0.284. The van der Waals surface area contributed by atoms with E-state index in [-0.39, 0.29) is 17.7 Å². The van der Waals surface area contributed by atoms with Gasteiger partial charge in [-0.15, -0.1) is 0 Å². The van der Waals surface area contributed by atoms with E-state index in [4.69, 9.17) is 17.3 Å². The molecule has 2 aromatic carbocycles. The van der Waals surface area contributed by atoms with E-state index < -0.39 is 0 Å². The molecule has 0 spiro atoms. The highest BCUT2D eigenvalue weighted by atomic mass is 35.5. The third-order valence-corrected chi connectivity index (χ3v) is 3.37. The van der Waals surface area contributed by atoms with E-state index >= 15 is 0 Å². The normalized spacial score (nSPS) is 12.5. The number of halogens is 3. The SMILES string of the molecule is Cc1cc(C(N)Cc2ccc(F)cc2)c(Cl)cc1F. The zero-order valence-corrected chi connectivity index (χ0v) is 11.2. The topological polar surface area (TPSA) is 26.0 Å². The molecule has 0 aliphatic rings. The molecule has 2 aromatic rings. The van der Waals surface area contributed by atoms with Crippen LogP contribution in [0, 0.1) is 18.6 Å². The molecule has 4 heteroatoms. The number of benzene rings is 2. The second kappa shape index (κ2) is 5.68. The van der Waals surface area contributed by atoms with Crippen LogP contribution in [0.2, 0.25) is 5.02 Å². The Labute approximate surface area is 116 Å². The van der Waals surface area contributed by atoms with Gasteiger partial charge in [-0.2, -0.15) is 0 Å². The lowest BCUT2D eigenvalue weighted by Gasteiger charge is -2.15. The van der Waals surface area contributed by atoms with E-state index in [0.717, 1.165) is 5.56 Å². The highest BCUT2D eigenvalue weighted by Crippen LogP contribution is 2.27. The van der Waals surface area contributed by atoms with Crippen LogP contribution in [0.5, 0.6) is 0 Å². The van der Waals surface area contributed by atoms with E-state index in [9.17, 15) is 8.78 Å². The minimum Gasteiger partial charge on any atom is -0.324 e. The Balaban J connectivity index is 2.22. The molecule has 1 unspecified atom stereocenters. The standard InChI is InChI=1S/C15H14ClF2N/c1-9-6-12(13(16)8-14(9)18)15(19)7-10-2-4-11(17)5-3-10/h2-6,8,15H,7,19H2,1H3. The summed E-state index contributed by atoms with van der Waals surface area (Å²) in [5.74, 6) is -0.629. The largest absolute Gasteiger partial charge is 0.324 e. The maximum Gasteiger partial charge on any atom is 0.127 e. The van der Waals surface area contributed by atoms with Crippen LogP contribution in [-0.2, 0) is 6.42 Å². The van der Waals surface area contributed by atoms with E-state index in [1.165, 1.54) is 18.2 Å². The quantitative estimate of drug-likeness (QED) is 0.898. The summed E-state index contributed by atoms with van der Waals surface area (Å²) in [6.45, 7) is 1.67. The Bertz CT molecular complexity index is 581. The van der Waals surface area contributed by atoms with Gasteiger partial charge in [-0.3, -0.25) is 0 Å². The first-order valence-electron chi connectivity index (χ1n) is 5.93. The Morgan fingerprint density at radius 3 is 2.42 bits per heavy atom.